The van der Waals surface area contributed by atoms with Crippen LogP contribution in [0, 0.1) is 0 Å². The zero-order valence-electron chi connectivity index (χ0n) is 15.7. The fourth-order valence-corrected chi connectivity index (χ4v) is 5.23. The number of nitrogens with zero attached hydrogens (tertiary/aromatic N) is 1. The number of carbonyl (C=O) groups excluding carboxylic acids is 1. The van der Waals surface area contributed by atoms with Gasteiger partial charge in [0.25, 0.3) is 16.1 Å². The van der Waals surface area contributed by atoms with Gasteiger partial charge in [0.2, 0.25) is 0 Å². The highest BCUT2D eigenvalue weighted by molar-refractivity contribution is 7.90. The van der Waals surface area contributed by atoms with Crippen LogP contribution in [0.25, 0.3) is 0 Å². The van der Waals surface area contributed by atoms with Crippen molar-refractivity contribution in [1.82, 2.24) is 4.72 Å². The largest absolute Gasteiger partial charge is 0.308 e. The number of carbonyl (C=O) groups is 1. The van der Waals surface area contributed by atoms with Crippen LogP contribution in [0.15, 0.2) is 48.5 Å². The number of rotatable bonds is 5. The van der Waals surface area contributed by atoms with E-state index < -0.39 is 10.2 Å². The summed E-state index contributed by atoms with van der Waals surface area (Å²) in [6.45, 7) is 0.662. The minimum absolute atomic E-state index is 0.0223. The third-order valence-electron chi connectivity index (χ3n) is 5.39. The monoisotopic (exact) mass is 399 g/mol. The van der Waals surface area contributed by atoms with Gasteiger partial charge in [-0.15, -0.1) is 0 Å². The molecule has 1 heterocycles. The average molecular weight is 400 g/mol. The molecule has 0 aromatic heterocycles. The van der Waals surface area contributed by atoms with Crippen molar-refractivity contribution in [2.75, 3.05) is 16.2 Å². The molecule has 6 nitrogen and oxygen atoms in total. The smallest absolute Gasteiger partial charge is 0.299 e. The molecular weight excluding hydrogens is 374 g/mol. The van der Waals surface area contributed by atoms with E-state index in [1.54, 1.807) is 11.0 Å². The van der Waals surface area contributed by atoms with Crippen LogP contribution in [-0.4, -0.2) is 26.9 Å². The summed E-state index contributed by atoms with van der Waals surface area (Å²) < 4.78 is 30.1. The van der Waals surface area contributed by atoms with E-state index in [-0.39, 0.29) is 11.9 Å². The molecule has 2 N–H and O–H groups in total. The SMILES string of the molecule is O=C(c1ccccc1)N1CCCc2cc(NS(=O)(=O)NC3CCCC3)ccc21. The quantitative estimate of drug-likeness (QED) is 0.808. The molecule has 7 heteroatoms. The van der Waals surface area contributed by atoms with E-state index in [9.17, 15) is 13.2 Å². The molecule has 0 unspecified atom stereocenters. The lowest BCUT2D eigenvalue weighted by atomic mass is 10.00. The highest BCUT2D eigenvalue weighted by Gasteiger charge is 2.25. The van der Waals surface area contributed by atoms with Gasteiger partial charge in [0.15, 0.2) is 0 Å². The predicted octanol–water partition coefficient (Wildman–Crippen LogP) is 3.47. The van der Waals surface area contributed by atoms with Gasteiger partial charge >= 0.3 is 0 Å². The molecule has 1 fully saturated rings. The molecule has 0 bridgehead atoms. The average Bonchev–Trinajstić information content (AvgIpc) is 3.19. The van der Waals surface area contributed by atoms with Crippen molar-refractivity contribution < 1.29 is 13.2 Å². The third kappa shape index (κ3) is 4.20. The van der Waals surface area contributed by atoms with Gasteiger partial charge in [-0.3, -0.25) is 9.52 Å². The van der Waals surface area contributed by atoms with Crippen molar-refractivity contribution in [3.63, 3.8) is 0 Å². The summed E-state index contributed by atoms with van der Waals surface area (Å²) in [5, 5.41) is 0. The molecule has 28 heavy (non-hydrogen) atoms. The second-order valence-corrected chi connectivity index (χ2v) is 8.92. The maximum atomic E-state index is 12.9. The number of hydrogen-bond donors (Lipinski definition) is 2. The van der Waals surface area contributed by atoms with Crippen LogP contribution < -0.4 is 14.3 Å². The van der Waals surface area contributed by atoms with Crippen LogP contribution in [0.2, 0.25) is 0 Å². The molecule has 148 valence electrons. The van der Waals surface area contributed by atoms with Gasteiger partial charge in [-0.25, -0.2) is 0 Å². The Morgan fingerprint density at radius 1 is 1.00 bits per heavy atom. The summed E-state index contributed by atoms with van der Waals surface area (Å²) in [5.41, 5.74) is 3.02. The first-order chi connectivity index (χ1) is 13.5. The number of nitrogens with one attached hydrogen (secondary N) is 2. The Kier molecular flexibility index (Phi) is 5.37. The van der Waals surface area contributed by atoms with Crippen molar-refractivity contribution in [2.45, 2.75) is 44.6 Å². The lowest BCUT2D eigenvalue weighted by molar-refractivity contribution is 0.0985. The van der Waals surface area contributed by atoms with E-state index in [0.29, 0.717) is 17.8 Å². The molecular formula is C21H25N3O3S. The van der Waals surface area contributed by atoms with Crippen molar-refractivity contribution in [2.24, 2.45) is 0 Å². The third-order valence-corrected chi connectivity index (χ3v) is 6.54. The number of amides is 1. The minimum Gasteiger partial charge on any atom is -0.308 e. The van der Waals surface area contributed by atoms with Gasteiger partial charge in [-0.1, -0.05) is 31.0 Å². The van der Waals surface area contributed by atoms with Gasteiger partial charge in [0.1, 0.15) is 0 Å². The number of hydrogen-bond acceptors (Lipinski definition) is 3. The van der Waals surface area contributed by atoms with E-state index in [2.05, 4.69) is 9.44 Å². The Labute approximate surface area is 166 Å². The first-order valence-corrected chi connectivity index (χ1v) is 11.3. The van der Waals surface area contributed by atoms with Crippen molar-refractivity contribution >= 4 is 27.5 Å². The molecule has 2 aromatic carbocycles. The zero-order valence-corrected chi connectivity index (χ0v) is 16.5. The normalized spacial score (nSPS) is 17.4. The molecule has 1 amide bonds. The van der Waals surface area contributed by atoms with Crippen molar-refractivity contribution in [3.8, 4) is 0 Å². The number of benzene rings is 2. The van der Waals surface area contributed by atoms with Crippen molar-refractivity contribution in [1.29, 1.82) is 0 Å². The van der Waals surface area contributed by atoms with Gasteiger partial charge < -0.3 is 4.90 Å². The van der Waals surface area contributed by atoms with Gasteiger partial charge in [0, 0.05) is 23.8 Å². The van der Waals surface area contributed by atoms with Crippen LogP contribution in [-0.2, 0) is 16.6 Å². The van der Waals surface area contributed by atoms with Crippen LogP contribution in [0.5, 0.6) is 0 Å². The Morgan fingerprint density at radius 2 is 1.75 bits per heavy atom. The van der Waals surface area contributed by atoms with Crippen LogP contribution >= 0.6 is 0 Å². The molecule has 4 rings (SSSR count). The molecule has 2 aromatic rings. The number of aryl methyl sites for hydroxylation is 1. The summed E-state index contributed by atoms with van der Waals surface area (Å²) in [5.74, 6) is -0.0298. The Morgan fingerprint density at radius 3 is 2.50 bits per heavy atom. The van der Waals surface area contributed by atoms with E-state index in [4.69, 9.17) is 0 Å². The molecule has 0 spiro atoms. The Bertz CT molecular complexity index is 954. The van der Waals surface area contributed by atoms with Gasteiger partial charge in [0.05, 0.1) is 5.69 Å². The van der Waals surface area contributed by atoms with Crippen LogP contribution in [0.4, 0.5) is 11.4 Å². The number of anilines is 2. The predicted molar refractivity (Wildman–Crippen MR) is 111 cm³/mol. The second-order valence-electron chi connectivity index (χ2n) is 7.47. The summed E-state index contributed by atoms with van der Waals surface area (Å²) >= 11 is 0. The lowest BCUT2D eigenvalue weighted by Gasteiger charge is -2.30. The highest BCUT2D eigenvalue weighted by atomic mass is 32.2. The molecule has 0 saturated heterocycles. The molecule has 1 aliphatic carbocycles. The second kappa shape index (κ2) is 7.93. The maximum absolute atomic E-state index is 12.9. The maximum Gasteiger partial charge on any atom is 0.299 e. The standard InChI is InChI=1S/C21H25N3O3S/c25-21(16-7-2-1-3-8-16)24-14-6-9-17-15-19(12-13-20(17)24)23-28(26,27)22-18-10-4-5-11-18/h1-3,7-8,12-13,15,18,22-23H,4-6,9-11,14H2. The minimum atomic E-state index is -3.60. The van der Waals surface area contributed by atoms with Gasteiger partial charge in [-0.2, -0.15) is 13.1 Å². The highest BCUT2D eigenvalue weighted by Crippen LogP contribution is 2.31. The summed E-state index contributed by atoms with van der Waals surface area (Å²) in [4.78, 5) is 14.7. The zero-order chi connectivity index (χ0) is 19.6. The van der Waals surface area contributed by atoms with Crippen LogP contribution in [0.1, 0.15) is 48.0 Å². The molecule has 0 radical (unpaired) electrons. The van der Waals surface area contributed by atoms with E-state index in [1.165, 1.54) is 0 Å². The summed E-state index contributed by atoms with van der Waals surface area (Å²) in [6, 6.07) is 14.6. The van der Waals surface area contributed by atoms with E-state index >= 15 is 0 Å². The first kappa shape index (κ1) is 19.0. The Balaban J connectivity index is 1.52. The lowest BCUT2D eigenvalue weighted by Crippen LogP contribution is -2.37. The van der Waals surface area contributed by atoms with E-state index in [1.807, 2.05) is 42.5 Å². The van der Waals surface area contributed by atoms with Crippen LogP contribution in [0.3, 0.4) is 0 Å². The fourth-order valence-electron chi connectivity index (χ4n) is 4.06. The van der Waals surface area contributed by atoms with Crippen molar-refractivity contribution in [3.05, 3.63) is 59.7 Å². The Hall–Kier alpha value is -2.38. The molecule has 0 atom stereocenters. The summed E-state index contributed by atoms with van der Waals surface area (Å²) in [7, 11) is -3.60. The molecule has 1 aliphatic heterocycles. The number of fused-ring (bicyclic) bond motifs is 1. The molecule has 1 saturated carbocycles. The first-order valence-electron chi connectivity index (χ1n) is 9.82. The fraction of sp³-hybridized carbons (Fsp3) is 0.381. The van der Waals surface area contributed by atoms with E-state index in [0.717, 1.165) is 49.8 Å². The molecule has 2 aliphatic rings. The topological polar surface area (TPSA) is 78.5 Å². The van der Waals surface area contributed by atoms with Gasteiger partial charge in [-0.05, 0) is 61.6 Å². The summed E-state index contributed by atoms with van der Waals surface area (Å²) in [6.07, 6.45) is 5.58.